The summed E-state index contributed by atoms with van der Waals surface area (Å²) >= 11 is 2.00. The minimum atomic E-state index is 0.148. The van der Waals surface area contributed by atoms with Gasteiger partial charge in [-0.2, -0.15) is 0 Å². The van der Waals surface area contributed by atoms with Crippen LogP contribution in [0.2, 0.25) is 0 Å². The summed E-state index contributed by atoms with van der Waals surface area (Å²) in [6, 6.07) is 0. The summed E-state index contributed by atoms with van der Waals surface area (Å²) in [5.41, 5.74) is 1.99. The van der Waals surface area contributed by atoms with E-state index in [1.54, 1.807) is 4.88 Å². The van der Waals surface area contributed by atoms with Crippen molar-refractivity contribution in [1.82, 2.24) is 10.3 Å². The summed E-state index contributed by atoms with van der Waals surface area (Å²) in [6.07, 6.45) is 10.3. The topological polar surface area (TPSA) is 24.9 Å². The molecule has 2 aliphatic rings. The van der Waals surface area contributed by atoms with Crippen LogP contribution in [0, 0.1) is 11.3 Å². The predicted octanol–water partition coefficient (Wildman–Crippen LogP) is 4.67. The van der Waals surface area contributed by atoms with E-state index in [0.717, 1.165) is 5.92 Å². The molecule has 2 aliphatic carbocycles. The summed E-state index contributed by atoms with van der Waals surface area (Å²) in [5, 5.41) is 5.06. The fourth-order valence-electron chi connectivity index (χ4n) is 4.17. The number of rotatable bonds is 2. The van der Waals surface area contributed by atoms with Crippen molar-refractivity contribution in [2.45, 2.75) is 77.7 Å². The molecule has 0 spiro atoms. The number of hydrogen-bond donors (Lipinski definition) is 1. The lowest BCUT2D eigenvalue weighted by Gasteiger charge is -2.32. The first kappa shape index (κ1) is 15.5. The first-order valence-corrected chi connectivity index (χ1v) is 9.44. The number of hydrogen-bond acceptors (Lipinski definition) is 3. The Hall–Kier alpha value is -0.410. The average Bonchev–Trinajstić information content (AvgIpc) is 2.93. The molecule has 1 fully saturated rings. The molecule has 2 nitrogen and oxygen atoms in total. The van der Waals surface area contributed by atoms with Gasteiger partial charge in [-0.25, -0.2) is 4.98 Å². The van der Waals surface area contributed by atoms with Gasteiger partial charge in [-0.15, -0.1) is 11.3 Å². The van der Waals surface area contributed by atoms with Crippen LogP contribution in [-0.4, -0.2) is 12.0 Å². The van der Waals surface area contributed by atoms with Crippen molar-refractivity contribution in [1.29, 1.82) is 0 Å². The van der Waals surface area contributed by atoms with E-state index in [-0.39, 0.29) is 5.54 Å². The first-order valence-electron chi connectivity index (χ1n) is 8.62. The summed E-state index contributed by atoms with van der Waals surface area (Å²) in [4.78, 5) is 6.61. The summed E-state index contributed by atoms with van der Waals surface area (Å²) in [7, 11) is 2.14. The van der Waals surface area contributed by atoms with Gasteiger partial charge in [0.1, 0.15) is 5.01 Å². The lowest BCUT2D eigenvalue weighted by atomic mass is 9.76. The number of aryl methyl sites for hydroxylation is 2. The van der Waals surface area contributed by atoms with Crippen molar-refractivity contribution < 1.29 is 0 Å². The second-order valence-corrected chi connectivity index (χ2v) is 9.15. The first-order chi connectivity index (χ1) is 9.94. The number of aromatic nitrogens is 1. The summed E-state index contributed by atoms with van der Waals surface area (Å²) in [6.45, 7) is 7.21. The van der Waals surface area contributed by atoms with E-state index in [1.807, 2.05) is 11.3 Å². The molecule has 1 N–H and O–H groups in total. The Labute approximate surface area is 133 Å². The molecule has 0 aliphatic heterocycles. The van der Waals surface area contributed by atoms with Crippen molar-refractivity contribution in [3.8, 4) is 0 Å². The van der Waals surface area contributed by atoms with E-state index >= 15 is 0 Å². The van der Waals surface area contributed by atoms with Gasteiger partial charge in [-0.3, -0.25) is 0 Å². The SMILES string of the molecule is CNC1(c2nc3c(s2)CCC3)CCCC(C(C)(C)C)CC1. The van der Waals surface area contributed by atoms with Crippen LogP contribution < -0.4 is 5.32 Å². The van der Waals surface area contributed by atoms with E-state index in [9.17, 15) is 0 Å². The van der Waals surface area contributed by atoms with Crippen LogP contribution in [0.15, 0.2) is 0 Å². The van der Waals surface area contributed by atoms with E-state index < -0.39 is 0 Å². The van der Waals surface area contributed by atoms with Gasteiger partial charge in [-0.1, -0.05) is 27.2 Å². The molecule has 2 atom stereocenters. The van der Waals surface area contributed by atoms with Gasteiger partial charge in [0, 0.05) is 4.88 Å². The normalized spacial score (nSPS) is 30.2. The lowest BCUT2D eigenvalue weighted by Crippen LogP contribution is -2.39. The van der Waals surface area contributed by atoms with Crippen LogP contribution >= 0.6 is 11.3 Å². The third-order valence-electron chi connectivity index (χ3n) is 5.78. The maximum atomic E-state index is 5.04. The lowest BCUT2D eigenvalue weighted by molar-refractivity contribution is 0.207. The molecule has 3 heteroatoms. The van der Waals surface area contributed by atoms with Crippen LogP contribution in [0.5, 0.6) is 0 Å². The van der Waals surface area contributed by atoms with Gasteiger partial charge in [0.25, 0.3) is 0 Å². The zero-order chi connectivity index (χ0) is 15.1. The molecule has 0 radical (unpaired) electrons. The van der Waals surface area contributed by atoms with Gasteiger partial charge < -0.3 is 5.32 Å². The smallest absolute Gasteiger partial charge is 0.113 e. The van der Waals surface area contributed by atoms with Crippen molar-refractivity contribution in [2.75, 3.05) is 7.05 Å². The number of nitrogens with one attached hydrogen (secondary N) is 1. The molecule has 1 aromatic rings. The predicted molar refractivity (Wildman–Crippen MR) is 90.9 cm³/mol. The molecule has 1 heterocycles. The third kappa shape index (κ3) is 2.92. The molecule has 3 rings (SSSR count). The average molecular weight is 307 g/mol. The van der Waals surface area contributed by atoms with Crippen LogP contribution in [-0.2, 0) is 18.4 Å². The highest BCUT2D eigenvalue weighted by molar-refractivity contribution is 7.12. The molecule has 0 aromatic carbocycles. The second-order valence-electron chi connectivity index (χ2n) is 8.07. The van der Waals surface area contributed by atoms with Crippen molar-refractivity contribution in [3.63, 3.8) is 0 Å². The maximum Gasteiger partial charge on any atom is 0.113 e. The summed E-state index contributed by atoms with van der Waals surface area (Å²) in [5.74, 6) is 0.847. The molecular weight excluding hydrogens is 276 g/mol. The van der Waals surface area contributed by atoms with Crippen molar-refractivity contribution in [3.05, 3.63) is 15.6 Å². The van der Waals surface area contributed by atoms with Gasteiger partial charge in [-0.05, 0) is 63.3 Å². The van der Waals surface area contributed by atoms with Gasteiger partial charge in [0.05, 0.1) is 11.2 Å². The zero-order valence-electron chi connectivity index (χ0n) is 14.1. The molecule has 21 heavy (non-hydrogen) atoms. The van der Waals surface area contributed by atoms with Crippen molar-refractivity contribution >= 4 is 11.3 Å². The van der Waals surface area contributed by atoms with Gasteiger partial charge >= 0.3 is 0 Å². The molecule has 118 valence electrons. The molecule has 0 amide bonds. The Morgan fingerprint density at radius 1 is 1.14 bits per heavy atom. The quantitative estimate of drug-likeness (QED) is 0.803. The van der Waals surface area contributed by atoms with E-state index in [0.29, 0.717) is 5.41 Å². The highest BCUT2D eigenvalue weighted by Crippen LogP contribution is 2.45. The summed E-state index contributed by atoms with van der Waals surface area (Å²) < 4.78 is 0. The number of thiazole rings is 1. The Morgan fingerprint density at radius 3 is 2.62 bits per heavy atom. The van der Waals surface area contributed by atoms with Gasteiger partial charge in [0.15, 0.2) is 0 Å². The Balaban J connectivity index is 1.83. The highest BCUT2D eigenvalue weighted by atomic mass is 32.1. The van der Waals surface area contributed by atoms with E-state index in [2.05, 4.69) is 33.1 Å². The highest BCUT2D eigenvalue weighted by Gasteiger charge is 2.39. The van der Waals surface area contributed by atoms with Crippen LogP contribution in [0.1, 0.15) is 74.9 Å². The van der Waals surface area contributed by atoms with Crippen molar-refractivity contribution in [2.24, 2.45) is 11.3 Å². The Kier molecular flexibility index (Phi) is 4.17. The van der Waals surface area contributed by atoms with Gasteiger partial charge in [0.2, 0.25) is 0 Å². The van der Waals surface area contributed by atoms with Crippen LogP contribution in [0.3, 0.4) is 0 Å². The van der Waals surface area contributed by atoms with E-state index in [1.165, 1.54) is 62.1 Å². The second kappa shape index (κ2) is 5.66. The van der Waals surface area contributed by atoms with Crippen LogP contribution in [0.4, 0.5) is 0 Å². The minimum Gasteiger partial charge on any atom is -0.308 e. The fraction of sp³-hybridized carbons (Fsp3) is 0.833. The Bertz CT molecular complexity index is 478. The molecule has 2 unspecified atom stereocenters. The Morgan fingerprint density at radius 2 is 1.95 bits per heavy atom. The number of nitrogens with zero attached hydrogens (tertiary/aromatic N) is 1. The largest absolute Gasteiger partial charge is 0.308 e. The minimum absolute atomic E-state index is 0.148. The monoisotopic (exact) mass is 306 g/mol. The van der Waals surface area contributed by atoms with E-state index in [4.69, 9.17) is 4.98 Å². The molecule has 1 saturated carbocycles. The maximum absolute atomic E-state index is 5.04. The molecule has 0 saturated heterocycles. The fourth-order valence-corrected chi connectivity index (χ4v) is 5.57. The number of fused-ring (bicyclic) bond motifs is 1. The standard InChI is InChI=1S/C18H30N2S/c1-17(2,3)13-7-6-11-18(19-4,12-10-13)16-20-14-8-5-9-15(14)21-16/h13,19H,5-12H2,1-4H3. The zero-order valence-corrected chi connectivity index (χ0v) is 14.9. The molecule has 1 aromatic heterocycles. The molecule has 0 bridgehead atoms. The molecular formula is C18H30N2S. The third-order valence-corrected chi connectivity index (χ3v) is 7.15. The van der Waals surface area contributed by atoms with Crippen LogP contribution in [0.25, 0.3) is 0 Å².